The molecule has 2 saturated heterocycles. The number of hydrogen-bond donors (Lipinski definition) is 0. The average molecular weight is 297 g/mol. The predicted octanol–water partition coefficient (Wildman–Crippen LogP) is 2.13. The van der Waals surface area contributed by atoms with Crippen LogP contribution in [0.2, 0.25) is 0 Å². The van der Waals surface area contributed by atoms with Crippen molar-refractivity contribution in [2.24, 2.45) is 5.92 Å². The molecule has 0 aromatic heterocycles. The van der Waals surface area contributed by atoms with Gasteiger partial charge in [-0.25, -0.2) is 4.79 Å². The molecule has 2 aliphatic heterocycles. The van der Waals surface area contributed by atoms with Gasteiger partial charge in [0.05, 0.1) is 12.0 Å². The number of ether oxygens (including phenoxy) is 2. The second-order valence-corrected chi connectivity index (χ2v) is 6.94. The SMILES string of the molecule is CCC1OCCC1C(=O)N1CCC[C@H]1C(=O)OC(C)(C)C. The first-order chi connectivity index (χ1) is 9.83. The van der Waals surface area contributed by atoms with E-state index in [9.17, 15) is 9.59 Å². The molecule has 0 spiro atoms. The first kappa shape index (κ1) is 16.3. The lowest BCUT2D eigenvalue weighted by Gasteiger charge is -2.30. The zero-order valence-corrected chi connectivity index (χ0v) is 13.6. The second-order valence-electron chi connectivity index (χ2n) is 6.94. The molecular formula is C16H27NO4. The Labute approximate surface area is 127 Å². The number of likely N-dealkylation sites (tertiary alicyclic amines) is 1. The van der Waals surface area contributed by atoms with Crippen LogP contribution >= 0.6 is 0 Å². The summed E-state index contributed by atoms with van der Waals surface area (Å²) in [6.07, 6.45) is 3.15. The molecule has 0 radical (unpaired) electrons. The van der Waals surface area contributed by atoms with Gasteiger partial charge in [0.25, 0.3) is 0 Å². The van der Waals surface area contributed by atoms with E-state index in [1.54, 1.807) is 4.90 Å². The highest BCUT2D eigenvalue weighted by Crippen LogP contribution is 2.29. The van der Waals surface area contributed by atoms with E-state index in [-0.39, 0.29) is 23.9 Å². The Morgan fingerprint density at radius 1 is 1.29 bits per heavy atom. The van der Waals surface area contributed by atoms with E-state index in [0.717, 1.165) is 19.3 Å². The molecule has 2 unspecified atom stereocenters. The van der Waals surface area contributed by atoms with Crippen LogP contribution in [0.25, 0.3) is 0 Å². The first-order valence-corrected chi connectivity index (χ1v) is 7.98. The Balaban J connectivity index is 2.04. The zero-order valence-electron chi connectivity index (χ0n) is 13.6. The minimum atomic E-state index is -0.517. The maximum absolute atomic E-state index is 12.7. The van der Waals surface area contributed by atoms with E-state index in [1.807, 2.05) is 27.7 Å². The summed E-state index contributed by atoms with van der Waals surface area (Å²) in [4.78, 5) is 26.7. The van der Waals surface area contributed by atoms with Crippen molar-refractivity contribution in [3.63, 3.8) is 0 Å². The van der Waals surface area contributed by atoms with Gasteiger partial charge in [0, 0.05) is 13.2 Å². The Kier molecular flexibility index (Phi) is 4.91. The van der Waals surface area contributed by atoms with E-state index in [1.165, 1.54) is 0 Å². The fourth-order valence-electron chi connectivity index (χ4n) is 3.19. The topological polar surface area (TPSA) is 55.8 Å². The summed E-state index contributed by atoms with van der Waals surface area (Å²) in [6, 6.07) is -0.421. The van der Waals surface area contributed by atoms with Gasteiger partial charge in [-0.2, -0.15) is 0 Å². The smallest absolute Gasteiger partial charge is 0.329 e. The molecule has 0 aromatic carbocycles. The third-order valence-corrected chi connectivity index (χ3v) is 4.14. The van der Waals surface area contributed by atoms with Gasteiger partial charge in [-0.15, -0.1) is 0 Å². The van der Waals surface area contributed by atoms with E-state index < -0.39 is 11.6 Å². The molecule has 120 valence electrons. The van der Waals surface area contributed by atoms with Crippen LogP contribution < -0.4 is 0 Å². The Morgan fingerprint density at radius 3 is 2.62 bits per heavy atom. The van der Waals surface area contributed by atoms with Crippen molar-refractivity contribution in [2.45, 2.75) is 71.1 Å². The molecule has 1 amide bonds. The summed E-state index contributed by atoms with van der Waals surface area (Å²) in [5.74, 6) is -0.314. The van der Waals surface area contributed by atoms with Crippen molar-refractivity contribution in [2.75, 3.05) is 13.2 Å². The van der Waals surface area contributed by atoms with Crippen LogP contribution in [-0.2, 0) is 19.1 Å². The lowest BCUT2D eigenvalue weighted by atomic mass is 9.97. The van der Waals surface area contributed by atoms with Crippen LogP contribution in [0.15, 0.2) is 0 Å². The van der Waals surface area contributed by atoms with E-state index in [2.05, 4.69) is 0 Å². The van der Waals surface area contributed by atoms with Crippen LogP contribution in [0, 0.1) is 5.92 Å². The van der Waals surface area contributed by atoms with Crippen LogP contribution in [-0.4, -0.2) is 47.7 Å². The third kappa shape index (κ3) is 3.76. The van der Waals surface area contributed by atoms with Crippen molar-refractivity contribution >= 4 is 11.9 Å². The van der Waals surface area contributed by atoms with Crippen molar-refractivity contribution in [1.29, 1.82) is 0 Å². The molecule has 21 heavy (non-hydrogen) atoms. The van der Waals surface area contributed by atoms with Crippen molar-refractivity contribution in [1.82, 2.24) is 4.90 Å². The molecular weight excluding hydrogens is 270 g/mol. The molecule has 2 rings (SSSR count). The Hall–Kier alpha value is -1.10. The maximum atomic E-state index is 12.7. The summed E-state index contributed by atoms with van der Waals surface area (Å²) in [5, 5.41) is 0. The third-order valence-electron chi connectivity index (χ3n) is 4.14. The fraction of sp³-hybridized carbons (Fsp3) is 0.875. The number of amides is 1. The first-order valence-electron chi connectivity index (χ1n) is 7.98. The van der Waals surface area contributed by atoms with Gasteiger partial charge in [-0.05, 0) is 46.5 Å². The van der Waals surface area contributed by atoms with E-state index in [4.69, 9.17) is 9.47 Å². The normalized spacial score (nSPS) is 29.7. The molecule has 2 fully saturated rings. The summed E-state index contributed by atoms with van der Waals surface area (Å²) >= 11 is 0. The molecule has 0 saturated carbocycles. The van der Waals surface area contributed by atoms with Gasteiger partial charge in [-0.3, -0.25) is 4.79 Å². The molecule has 2 aliphatic rings. The lowest BCUT2D eigenvalue weighted by molar-refractivity contribution is -0.164. The number of esters is 1. The largest absolute Gasteiger partial charge is 0.458 e. The van der Waals surface area contributed by atoms with Crippen LogP contribution in [0.4, 0.5) is 0 Å². The van der Waals surface area contributed by atoms with Crippen molar-refractivity contribution < 1.29 is 19.1 Å². The van der Waals surface area contributed by atoms with E-state index >= 15 is 0 Å². The number of nitrogens with zero attached hydrogens (tertiary/aromatic N) is 1. The summed E-state index contributed by atoms with van der Waals surface area (Å²) in [7, 11) is 0. The molecule has 0 N–H and O–H groups in total. The summed E-state index contributed by atoms with van der Waals surface area (Å²) < 4.78 is 11.1. The number of carbonyl (C=O) groups excluding carboxylic acids is 2. The molecule has 2 heterocycles. The zero-order chi connectivity index (χ0) is 15.6. The molecule has 5 heteroatoms. The number of carbonyl (C=O) groups is 2. The highest BCUT2D eigenvalue weighted by Gasteiger charge is 2.42. The van der Waals surface area contributed by atoms with Crippen LogP contribution in [0.3, 0.4) is 0 Å². The van der Waals surface area contributed by atoms with Gasteiger partial charge >= 0.3 is 5.97 Å². The molecule has 0 aromatic rings. The quantitative estimate of drug-likeness (QED) is 0.749. The highest BCUT2D eigenvalue weighted by molar-refractivity contribution is 5.87. The maximum Gasteiger partial charge on any atom is 0.329 e. The minimum Gasteiger partial charge on any atom is -0.458 e. The Bertz CT molecular complexity index is 402. The van der Waals surface area contributed by atoms with Gasteiger partial charge < -0.3 is 14.4 Å². The number of hydrogen-bond acceptors (Lipinski definition) is 4. The summed E-state index contributed by atoms with van der Waals surface area (Å²) in [6.45, 7) is 8.87. The van der Waals surface area contributed by atoms with Gasteiger partial charge in [-0.1, -0.05) is 6.92 Å². The fourth-order valence-corrected chi connectivity index (χ4v) is 3.19. The Morgan fingerprint density at radius 2 is 2.00 bits per heavy atom. The van der Waals surface area contributed by atoms with Crippen molar-refractivity contribution in [3.05, 3.63) is 0 Å². The highest BCUT2D eigenvalue weighted by atomic mass is 16.6. The molecule has 3 atom stereocenters. The monoisotopic (exact) mass is 297 g/mol. The lowest BCUT2D eigenvalue weighted by Crippen LogP contribution is -2.47. The molecule has 0 bridgehead atoms. The average Bonchev–Trinajstić information content (AvgIpc) is 3.04. The molecule has 0 aliphatic carbocycles. The van der Waals surface area contributed by atoms with Gasteiger partial charge in [0.15, 0.2) is 0 Å². The second kappa shape index (κ2) is 6.34. The predicted molar refractivity (Wildman–Crippen MR) is 78.7 cm³/mol. The van der Waals surface area contributed by atoms with Crippen LogP contribution in [0.1, 0.15) is 53.4 Å². The molecule has 5 nitrogen and oxygen atoms in total. The van der Waals surface area contributed by atoms with E-state index in [0.29, 0.717) is 19.6 Å². The van der Waals surface area contributed by atoms with Crippen LogP contribution in [0.5, 0.6) is 0 Å². The number of rotatable bonds is 3. The van der Waals surface area contributed by atoms with Crippen molar-refractivity contribution in [3.8, 4) is 0 Å². The van der Waals surface area contributed by atoms with Gasteiger partial charge in [0.1, 0.15) is 11.6 Å². The summed E-state index contributed by atoms with van der Waals surface area (Å²) in [5.41, 5.74) is -0.517. The minimum absolute atomic E-state index is 0.00242. The standard InChI is InChI=1S/C16H27NO4/c1-5-13-11(8-10-20-13)14(18)17-9-6-7-12(17)15(19)21-16(2,3)4/h11-13H,5-10H2,1-4H3/t11?,12-,13?/m0/s1. The van der Waals surface area contributed by atoms with Gasteiger partial charge in [0.2, 0.25) is 5.91 Å².